The van der Waals surface area contributed by atoms with Gasteiger partial charge in [0.05, 0.1) is 13.7 Å². The summed E-state index contributed by atoms with van der Waals surface area (Å²) < 4.78 is 5.12. The van der Waals surface area contributed by atoms with Gasteiger partial charge >= 0.3 is 0 Å². The Labute approximate surface area is 113 Å². The monoisotopic (exact) mass is 257 g/mol. The number of nitrogens with one attached hydrogen (secondary N) is 1. The van der Waals surface area contributed by atoms with Crippen LogP contribution in [0.25, 0.3) is 0 Å². The average molecular weight is 257 g/mol. The first-order valence-corrected chi connectivity index (χ1v) is 6.34. The fraction of sp³-hybridized carbons (Fsp3) is 0.250. The molecule has 2 aromatic rings. The summed E-state index contributed by atoms with van der Waals surface area (Å²) in [6.45, 7) is 1.69. The van der Waals surface area contributed by atoms with Crippen LogP contribution in [-0.4, -0.2) is 12.2 Å². The molecule has 0 fully saturated rings. The van der Waals surface area contributed by atoms with Gasteiger partial charge < -0.3 is 15.2 Å². The number of aliphatic hydroxyl groups is 1. The van der Waals surface area contributed by atoms with E-state index in [4.69, 9.17) is 9.84 Å². The molecule has 3 heteroatoms. The Balaban J connectivity index is 1.85. The van der Waals surface area contributed by atoms with Crippen LogP contribution in [0, 0.1) is 0 Å². The van der Waals surface area contributed by atoms with E-state index in [1.54, 1.807) is 7.11 Å². The van der Waals surface area contributed by atoms with E-state index >= 15 is 0 Å². The fourth-order valence-electron chi connectivity index (χ4n) is 1.93. The van der Waals surface area contributed by atoms with Crippen molar-refractivity contribution in [2.24, 2.45) is 0 Å². The summed E-state index contributed by atoms with van der Waals surface area (Å²) in [7, 11) is 1.67. The van der Waals surface area contributed by atoms with Gasteiger partial charge in [-0.25, -0.2) is 0 Å². The van der Waals surface area contributed by atoms with Crippen molar-refractivity contribution in [2.75, 3.05) is 7.11 Å². The molecule has 0 aliphatic carbocycles. The highest BCUT2D eigenvalue weighted by Crippen LogP contribution is 2.11. The van der Waals surface area contributed by atoms with Crippen LogP contribution in [0.3, 0.4) is 0 Å². The third-order valence-electron chi connectivity index (χ3n) is 2.99. The van der Waals surface area contributed by atoms with Crippen LogP contribution in [0.1, 0.15) is 16.7 Å². The molecular formula is C16H19NO2. The zero-order valence-corrected chi connectivity index (χ0v) is 11.1. The molecule has 0 aromatic heterocycles. The Morgan fingerprint density at radius 1 is 0.947 bits per heavy atom. The van der Waals surface area contributed by atoms with E-state index in [0.29, 0.717) is 0 Å². The van der Waals surface area contributed by atoms with E-state index in [1.807, 2.05) is 30.3 Å². The number of ether oxygens (including phenoxy) is 1. The van der Waals surface area contributed by atoms with Gasteiger partial charge in [-0.05, 0) is 28.8 Å². The van der Waals surface area contributed by atoms with Crippen molar-refractivity contribution >= 4 is 0 Å². The molecule has 19 heavy (non-hydrogen) atoms. The van der Waals surface area contributed by atoms with Gasteiger partial charge in [-0.3, -0.25) is 0 Å². The maximum Gasteiger partial charge on any atom is 0.118 e. The second kappa shape index (κ2) is 6.92. The summed E-state index contributed by atoms with van der Waals surface area (Å²) in [5.41, 5.74) is 3.35. The Hall–Kier alpha value is -1.84. The first-order valence-electron chi connectivity index (χ1n) is 6.34. The van der Waals surface area contributed by atoms with Crippen LogP contribution < -0.4 is 10.1 Å². The van der Waals surface area contributed by atoms with Crippen molar-refractivity contribution in [2.45, 2.75) is 19.7 Å². The predicted octanol–water partition coefficient (Wildman–Crippen LogP) is 2.48. The third-order valence-corrected chi connectivity index (χ3v) is 2.99. The van der Waals surface area contributed by atoms with Crippen molar-refractivity contribution in [3.05, 3.63) is 65.2 Å². The van der Waals surface area contributed by atoms with E-state index in [9.17, 15) is 0 Å². The quantitative estimate of drug-likeness (QED) is 0.835. The lowest BCUT2D eigenvalue weighted by molar-refractivity contribution is 0.281. The topological polar surface area (TPSA) is 41.5 Å². The molecule has 0 bridgehead atoms. The van der Waals surface area contributed by atoms with Gasteiger partial charge in [-0.2, -0.15) is 0 Å². The van der Waals surface area contributed by atoms with Crippen LogP contribution in [0.2, 0.25) is 0 Å². The number of rotatable bonds is 6. The number of aliphatic hydroxyl groups excluding tert-OH is 1. The minimum atomic E-state index is 0.0896. The zero-order chi connectivity index (χ0) is 13.5. The molecule has 0 unspecified atom stereocenters. The summed E-state index contributed by atoms with van der Waals surface area (Å²) in [6.07, 6.45) is 0. The van der Waals surface area contributed by atoms with Crippen molar-refractivity contribution in [3.63, 3.8) is 0 Å². The lowest BCUT2D eigenvalue weighted by Crippen LogP contribution is -2.12. The summed E-state index contributed by atoms with van der Waals surface area (Å²) in [5.74, 6) is 0.874. The van der Waals surface area contributed by atoms with Crippen LogP contribution in [0.4, 0.5) is 0 Å². The lowest BCUT2D eigenvalue weighted by atomic mass is 10.1. The molecule has 0 aliphatic heterocycles. The van der Waals surface area contributed by atoms with E-state index in [-0.39, 0.29) is 6.61 Å². The third kappa shape index (κ3) is 4.09. The van der Waals surface area contributed by atoms with Gasteiger partial charge in [0, 0.05) is 13.1 Å². The Morgan fingerprint density at radius 3 is 2.32 bits per heavy atom. The van der Waals surface area contributed by atoms with E-state index in [1.165, 1.54) is 11.1 Å². The number of benzene rings is 2. The summed E-state index contributed by atoms with van der Waals surface area (Å²) in [4.78, 5) is 0. The lowest BCUT2D eigenvalue weighted by Gasteiger charge is -2.07. The maximum absolute atomic E-state index is 9.08. The summed E-state index contributed by atoms with van der Waals surface area (Å²) in [5, 5.41) is 12.5. The molecule has 0 amide bonds. The largest absolute Gasteiger partial charge is 0.497 e. The van der Waals surface area contributed by atoms with Crippen LogP contribution in [0.15, 0.2) is 48.5 Å². The minimum Gasteiger partial charge on any atom is -0.497 e. The summed E-state index contributed by atoms with van der Waals surface area (Å²) in [6, 6.07) is 16.0. The minimum absolute atomic E-state index is 0.0896. The first-order chi connectivity index (χ1) is 9.31. The van der Waals surface area contributed by atoms with Gasteiger partial charge in [0.15, 0.2) is 0 Å². The van der Waals surface area contributed by atoms with E-state index in [2.05, 4.69) is 23.5 Å². The van der Waals surface area contributed by atoms with E-state index < -0.39 is 0 Å². The number of methoxy groups -OCH3 is 1. The number of hydrogen-bond donors (Lipinski definition) is 2. The highest BCUT2D eigenvalue weighted by Gasteiger charge is 1.97. The van der Waals surface area contributed by atoms with Crippen molar-refractivity contribution in [1.29, 1.82) is 0 Å². The second-order valence-electron chi connectivity index (χ2n) is 4.43. The van der Waals surface area contributed by atoms with Gasteiger partial charge in [-0.15, -0.1) is 0 Å². The van der Waals surface area contributed by atoms with Gasteiger partial charge in [0.2, 0.25) is 0 Å². The van der Waals surface area contributed by atoms with Gasteiger partial charge in [-0.1, -0.05) is 36.4 Å². The molecule has 2 rings (SSSR count). The second-order valence-corrected chi connectivity index (χ2v) is 4.43. The van der Waals surface area contributed by atoms with Crippen molar-refractivity contribution < 1.29 is 9.84 Å². The molecular weight excluding hydrogens is 238 g/mol. The molecule has 2 N–H and O–H groups in total. The Kier molecular flexibility index (Phi) is 4.95. The summed E-state index contributed by atoms with van der Waals surface area (Å²) >= 11 is 0. The standard InChI is InChI=1S/C16H19NO2/c1-19-16-7-5-13(6-8-16)10-17-11-14-3-2-4-15(9-14)12-18/h2-9,17-18H,10-12H2,1H3. The van der Waals surface area contributed by atoms with Crippen molar-refractivity contribution in [3.8, 4) is 5.75 Å². The highest BCUT2D eigenvalue weighted by atomic mass is 16.5. The van der Waals surface area contributed by atoms with Crippen LogP contribution in [-0.2, 0) is 19.7 Å². The van der Waals surface area contributed by atoms with Crippen LogP contribution in [0.5, 0.6) is 5.75 Å². The molecule has 0 spiro atoms. The van der Waals surface area contributed by atoms with Gasteiger partial charge in [0.25, 0.3) is 0 Å². The molecule has 0 saturated carbocycles. The fourth-order valence-corrected chi connectivity index (χ4v) is 1.93. The molecule has 0 radical (unpaired) electrons. The number of hydrogen-bond acceptors (Lipinski definition) is 3. The highest BCUT2D eigenvalue weighted by molar-refractivity contribution is 5.27. The van der Waals surface area contributed by atoms with Crippen molar-refractivity contribution in [1.82, 2.24) is 5.32 Å². The Morgan fingerprint density at radius 2 is 1.63 bits per heavy atom. The maximum atomic E-state index is 9.08. The predicted molar refractivity (Wildman–Crippen MR) is 75.9 cm³/mol. The SMILES string of the molecule is COc1ccc(CNCc2cccc(CO)c2)cc1. The molecule has 3 nitrogen and oxygen atoms in total. The molecule has 0 heterocycles. The van der Waals surface area contributed by atoms with Crippen LogP contribution >= 0.6 is 0 Å². The first kappa shape index (κ1) is 13.6. The Bertz CT molecular complexity index is 508. The molecule has 2 aromatic carbocycles. The normalized spacial score (nSPS) is 10.4. The van der Waals surface area contributed by atoms with E-state index in [0.717, 1.165) is 24.4 Å². The molecule has 100 valence electrons. The smallest absolute Gasteiger partial charge is 0.118 e. The van der Waals surface area contributed by atoms with Gasteiger partial charge in [0.1, 0.15) is 5.75 Å². The zero-order valence-electron chi connectivity index (χ0n) is 11.1. The average Bonchev–Trinajstić information content (AvgIpc) is 2.48. The molecule has 0 atom stereocenters. The molecule has 0 saturated heterocycles. The molecule has 0 aliphatic rings.